The Labute approximate surface area is 338 Å². The molecular weight excluding hydrogens is 801 g/mol. The number of esters is 2. The second kappa shape index (κ2) is 25.3. The van der Waals surface area contributed by atoms with Crippen molar-refractivity contribution in [1.29, 1.82) is 0 Å². The number of benzene rings is 2. The van der Waals surface area contributed by atoms with Gasteiger partial charge in [-0.15, -0.1) is 16.4 Å². The quantitative estimate of drug-likeness (QED) is 0.0251. The molecule has 0 radical (unpaired) electrons. The van der Waals surface area contributed by atoms with Gasteiger partial charge in [0.25, 0.3) is 12.9 Å². The molecule has 0 aliphatic heterocycles. The number of fused-ring (bicyclic) bond motifs is 1. The Kier molecular flexibility index (Phi) is 19.9. The average molecular weight is 848 g/mol. The maximum Gasteiger partial charge on any atom is 0.472 e. The lowest BCUT2D eigenvalue weighted by molar-refractivity contribution is -0.145. The Morgan fingerprint density at radius 1 is 0.897 bits per heavy atom. The van der Waals surface area contributed by atoms with Gasteiger partial charge in [0, 0.05) is 38.2 Å². The highest BCUT2D eigenvalue weighted by Crippen LogP contribution is 2.43. The molecule has 314 valence electrons. The Hall–Kier alpha value is -5.08. The summed E-state index contributed by atoms with van der Waals surface area (Å²) in [5.41, 5.74) is 3.46. The predicted molar refractivity (Wildman–Crippen MR) is 209 cm³/mol. The first-order valence-corrected chi connectivity index (χ1v) is 20.5. The number of thiazole rings is 1. The SMILES string of the molecule is O=COCC(COP(=O)(O)OCCCC(=O)OCCOCCCC(=O)OCc1cn(CCN(CCO)c2ccc(/C=C/c3nc4ccccc4s3)cc2)nn1)OC=O. The predicted octanol–water partition coefficient (Wildman–Crippen LogP) is 3.57. The van der Waals surface area contributed by atoms with E-state index in [0.29, 0.717) is 31.7 Å². The summed E-state index contributed by atoms with van der Waals surface area (Å²) in [5.74, 6) is -1.01. The van der Waals surface area contributed by atoms with Gasteiger partial charge in [-0.2, -0.15) is 0 Å². The van der Waals surface area contributed by atoms with Crippen LogP contribution in [0.2, 0.25) is 0 Å². The van der Waals surface area contributed by atoms with Gasteiger partial charge in [-0.3, -0.25) is 32.9 Å². The van der Waals surface area contributed by atoms with E-state index in [1.54, 1.807) is 22.2 Å². The molecule has 0 aliphatic carbocycles. The van der Waals surface area contributed by atoms with Crippen molar-refractivity contribution in [3.63, 3.8) is 0 Å². The number of nitrogens with zero attached hydrogens (tertiary/aromatic N) is 5. The van der Waals surface area contributed by atoms with E-state index in [0.717, 1.165) is 26.5 Å². The van der Waals surface area contributed by atoms with Crippen LogP contribution in [0.3, 0.4) is 0 Å². The Morgan fingerprint density at radius 3 is 2.43 bits per heavy atom. The van der Waals surface area contributed by atoms with E-state index < -0.39 is 32.5 Å². The molecule has 2 atom stereocenters. The number of carbonyl (C=O) groups is 4. The third-order valence-corrected chi connectivity index (χ3v) is 9.87. The molecule has 19 nitrogen and oxygen atoms in total. The number of hydrogen-bond acceptors (Lipinski definition) is 18. The number of phosphoric acid groups is 1. The van der Waals surface area contributed by atoms with Crippen LogP contribution in [0.1, 0.15) is 41.9 Å². The van der Waals surface area contributed by atoms with Crippen molar-refractivity contribution < 1.29 is 66.5 Å². The molecule has 0 aliphatic rings. The molecule has 58 heavy (non-hydrogen) atoms. The molecule has 0 saturated carbocycles. The third-order valence-electron chi connectivity index (χ3n) is 7.88. The van der Waals surface area contributed by atoms with E-state index in [1.807, 2.05) is 59.5 Å². The Morgan fingerprint density at radius 2 is 1.67 bits per heavy atom. The van der Waals surface area contributed by atoms with Crippen LogP contribution in [0.5, 0.6) is 0 Å². The van der Waals surface area contributed by atoms with Crippen molar-refractivity contribution in [1.82, 2.24) is 20.0 Å². The number of aliphatic hydroxyl groups excluding tert-OH is 1. The second-order valence-corrected chi connectivity index (χ2v) is 14.7. The number of rotatable bonds is 30. The fourth-order valence-electron chi connectivity index (χ4n) is 5.05. The monoisotopic (exact) mass is 847 g/mol. The molecule has 0 fully saturated rings. The minimum atomic E-state index is -4.52. The van der Waals surface area contributed by atoms with Gasteiger partial charge in [0.15, 0.2) is 6.10 Å². The third kappa shape index (κ3) is 17.2. The van der Waals surface area contributed by atoms with E-state index in [1.165, 1.54) is 0 Å². The molecule has 4 aromatic rings. The van der Waals surface area contributed by atoms with E-state index in [2.05, 4.69) is 30.8 Å². The molecule has 2 heterocycles. The number of ether oxygens (including phenoxy) is 5. The number of para-hydroxylation sites is 1. The van der Waals surface area contributed by atoms with Gasteiger partial charge in [-0.25, -0.2) is 9.55 Å². The van der Waals surface area contributed by atoms with Crippen molar-refractivity contribution in [3.8, 4) is 0 Å². The molecular formula is C37H46N5O14PS. The van der Waals surface area contributed by atoms with Crippen LogP contribution >= 0.6 is 19.2 Å². The standard InChI is InChI=1S/C37H46N5O14PS/c43-18-17-41(31-12-9-29(10-13-31)11-14-35-38-33-5-1-2-6-34(33)58-35)15-16-42-23-30(39-40-42)24-53-37(47)7-3-19-50-21-22-52-36(46)8-4-20-55-57(48,49)56-26-32(54-28-45)25-51-27-44/h1-2,5-6,9-14,23,27-28,32,43H,3-4,7-8,15-22,24-26H2,(H,48,49)/b14-11+. The van der Waals surface area contributed by atoms with Gasteiger partial charge in [0.2, 0.25) is 0 Å². The summed E-state index contributed by atoms with van der Waals surface area (Å²) >= 11 is 1.64. The summed E-state index contributed by atoms with van der Waals surface area (Å²) < 4.78 is 48.9. The van der Waals surface area contributed by atoms with Gasteiger partial charge >= 0.3 is 19.8 Å². The number of aromatic nitrogens is 4. The molecule has 0 spiro atoms. The number of phosphoric ester groups is 1. The fraction of sp³-hybridized carbons (Fsp3) is 0.432. The highest BCUT2D eigenvalue weighted by molar-refractivity contribution is 7.47. The van der Waals surface area contributed by atoms with E-state index in [9.17, 15) is 33.7 Å². The minimum Gasteiger partial charge on any atom is -0.464 e. The van der Waals surface area contributed by atoms with Crippen LogP contribution in [-0.2, 0) is 69.6 Å². The van der Waals surface area contributed by atoms with Crippen LogP contribution in [0, 0.1) is 0 Å². The molecule has 2 N–H and O–H groups in total. The van der Waals surface area contributed by atoms with Crippen molar-refractivity contribution in [2.75, 3.05) is 64.2 Å². The molecule has 0 amide bonds. The van der Waals surface area contributed by atoms with Crippen LogP contribution in [-0.4, -0.2) is 120 Å². The van der Waals surface area contributed by atoms with Gasteiger partial charge in [-0.05, 0) is 48.7 Å². The fourth-order valence-corrected chi connectivity index (χ4v) is 6.71. The van der Waals surface area contributed by atoms with Crippen LogP contribution in [0.25, 0.3) is 22.4 Å². The summed E-state index contributed by atoms with van der Waals surface area (Å²) in [7, 11) is -4.52. The highest BCUT2D eigenvalue weighted by atomic mass is 32.1. The Bertz CT molecular complexity index is 1910. The van der Waals surface area contributed by atoms with E-state index >= 15 is 0 Å². The lowest BCUT2D eigenvalue weighted by Crippen LogP contribution is -2.30. The molecule has 2 aromatic heterocycles. The van der Waals surface area contributed by atoms with Gasteiger partial charge in [0.1, 0.15) is 30.5 Å². The summed E-state index contributed by atoms with van der Waals surface area (Å²) in [4.78, 5) is 61.2. The molecule has 2 unspecified atom stereocenters. The van der Waals surface area contributed by atoms with Crippen molar-refractivity contribution in [2.45, 2.75) is 44.9 Å². The molecule has 2 aromatic carbocycles. The number of anilines is 1. The maximum absolute atomic E-state index is 12.2. The zero-order valence-corrected chi connectivity index (χ0v) is 33.3. The number of carbonyl (C=O) groups excluding carboxylic acids is 4. The van der Waals surface area contributed by atoms with Gasteiger partial charge in [0.05, 0.1) is 49.4 Å². The molecule has 4 rings (SSSR count). The molecule has 0 bridgehead atoms. The second-order valence-electron chi connectivity index (χ2n) is 12.2. The maximum atomic E-state index is 12.2. The van der Waals surface area contributed by atoms with Crippen molar-refractivity contribution >= 4 is 72.1 Å². The van der Waals surface area contributed by atoms with Crippen LogP contribution in [0.4, 0.5) is 5.69 Å². The largest absolute Gasteiger partial charge is 0.472 e. The van der Waals surface area contributed by atoms with Crippen molar-refractivity contribution in [3.05, 3.63) is 71.0 Å². The summed E-state index contributed by atoms with van der Waals surface area (Å²) in [6, 6.07) is 16.1. The normalized spacial score (nSPS) is 12.9. The number of hydrogen-bond donors (Lipinski definition) is 2. The van der Waals surface area contributed by atoms with E-state index in [-0.39, 0.29) is 78.5 Å². The van der Waals surface area contributed by atoms with Crippen LogP contribution < -0.4 is 4.90 Å². The van der Waals surface area contributed by atoms with Crippen LogP contribution in [0.15, 0.2) is 54.7 Å². The highest BCUT2D eigenvalue weighted by Gasteiger charge is 2.24. The van der Waals surface area contributed by atoms with Gasteiger partial charge in [-0.1, -0.05) is 35.6 Å². The summed E-state index contributed by atoms with van der Waals surface area (Å²) in [5, 5.41) is 18.8. The molecule has 21 heteroatoms. The topological polar surface area (TPSA) is 237 Å². The van der Waals surface area contributed by atoms with Gasteiger partial charge < -0.3 is 38.6 Å². The first-order valence-electron chi connectivity index (χ1n) is 18.2. The summed E-state index contributed by atoms with van der Waals surface area (Å²) in [6.45, 7) is 0.688. The zero-order chi connectivity index (χ0) is 41.4. The lowest BCUT2D eigenvalue weighted by atomic mass is 10.2. The smallest absolute Gasteiger partial charge is 0.464 e. The summed E-state index contributed by atoms with van der Waals surface area (Å²) in [6.07, 6.45) is 5.07. The zero-order valence-electron chi connectivity index (χ0n) is 31.6. The molecule has 0 saturated heterocycles. The number of aliphatic hydroxyl groups is 1. The first-order chi connectivity index (χ1) is 28.2. The average Bonchev–Trinajstić information content (AvgIpc) is 3.87. The van der Waals surface area contributed by atoms with E-state index in [4.69, 9.17) is 23.3 Å². The Balaban J connectivity index is 1.03. The van der Waals surface area contributed by atoms with Crippen molar-refractivity contribution in [2.24, 2.45) is 0 Å². The minimum absolute atomic E-state index is 0.0153. The lowest BCUT2D eigenvalue weighted by Gasteiger charge is -2.24. The first kappa shape index (κ1) is 45.6.